The Morgan fingerprint density at radius 1 is 1.02 bits per heavy atom. The first kappa shape index (κ1) is 41.0. The van der Waals surface area contributed by atoms with Crippen LogP contribution in [0.25, 0.3) is 6.08 Å². The molecule has 52 heavy (non-hydrogen) atoms. The highest BCUT2D eigenvalue weighted by molar-refractivity contribution is 7.89. The zero-order valence-electron chi connectivity index (χ0n) is 30.1. The first-order valence-electron chi connectivity index (χ1n) is 17.6. The molecule has 0 unspecified atom stereocenters. The number of aliphatic hydroxyl groups is 1. The summed E-state index contributed by atoms with van der Waals surface area (Å²) in [6.45, 7) is 9.60. The van der Waals surface area contributed by atoms with E-state index in [0.29, 0.717) is 55.8 Å². The highest BCUT2D eigenvalue weighted by Crippen LogP contribution is 2.28. The van der Waals surface area contributed by atoms with Crippen molar-refractivity contribution in [2.45, 2.75) is 70.7 Å². The molecular weight excluding hydrogens is 692 g/mol. The van der Waals surface area contributed by atoms with E-state index in [0.717, 1.165) is 13.1 Å². The van der Waals surface area contributed by atoms with Gasteiger partial charge in [-0.25, -0.2) is 17.6 Å². The summed E-state index contributed by atoms with van der Waals surface area (Å²) in [6, 6.07) is 4.65. The first-order valence-corrected chi connectivity index (χ1v) is 19.1. The van der Waals surface area contributed by atoms with Gasteiger partial charge in [0.1, 0.15) is 22.9 Å². The predicted molar refractivity (Wildman–Crippen MR) is 198 cm³/mol. The minimum absolute atomic E-state index is 0. The van der Waals surface area contributed by atoms with E-state index in [1.807, 2.05) is 50.9 Å². The molecule has 3 aliphatic rings. The van der Waals surface area contributed by atoms with Crippen molar-refractivity contribution in [1.82, 2.24) is 23.9 Å². The second-order valence-corrected chi connectivity index (χ2v) is 16.0. The molecule has 1 N–H and O–H groups in total. The Labute approximate surface area is 307 Å². The third-order valence-corrected chi connectivity index (χ3v) is 11.8. The van der Waals surface area contributed by atoms with E-state index in [2.05, 4.69) is 10.00 Å². The lowest BCUT2D eigenvalue weighted by Gasteiger charge is -2.35. The number of ether oxygens (including phenoxy) is 2. The number of anilines is 1. The molecule has 2 fully saturated rings. The Morgan fingerprint density at radius 2 is 1.71 bits per heavy atom. The molecule has 0 bridgehead atoms. The number of piperazine rings is 2. The number of likely N-dealkylation sites (N-methyl/N-ethyl adjacent to an activating group) is 1. The van der Waals surface area contributed by atoms with Crippen molar-refractivity contribution in [2.75, 3.05) is 64.3 Å². The van der Waals surface area contributed by atoms with Crippen molar-refractivity contribution >= 4 is 33.8 Å². The number of carbonyl (C=O) groups is 2. The topological polar surface area (TPSA) is 138 Å². The van der Waals surface area contributed by atoms with Gasteiger partial charge in [0.2, 0.25) is 10.0 Å². The lowest BCUT2D eigenvalue weighted by atomic mass is 9.91. The number of aromatic nitrogens is 2. The van der Waals surface area contributed by atoms with E-state index < -0.39 is 40.1 Å². The van der Waals surface area contributed by atoms with E-state index >= 15 is 4.39 Å². The predicted octanol–water partition coefficient (Wildman–Crippen LogP) is 4.15. The van der Waals surface area contributed by atoms with Crippen molar-refractivity contribution in [3.8, 4) is 0 Å². The molecule has 0 aliphatic carbocycles. The van der Waals surface area contributed by atoms with Crippen LogP contribution in [0, 0.1) is 17.7 Å². The molecule has 1 aromatic heterocycles. The monoisotopic (exact) mass is 746 g/mol. The third-order valence-electron chi connectivity index (χ3n) is 9.93. The maximum absolute atomic E-state index is 15.0. The Bertz CT molecular complexity index is 1700. The van der Waals surface area contributed by atoms with Crippen LogP contribution in [0.4, 0.5) is 14.9 Å². The number of hydrogen-bond acceptors (Lipinski definition) is 10. The highest BCUT2D eigenvalue weighted by atomic mass is 32.2. The molecule has 15 heteroatoms. The summed E-state index contributed by atoms with van der Waals surface area (Å²) in [5.74, 6) is -1.44. The van der Waals surface area contributed by atoms with Crippen molar-refractivity contribution < 1.29 is 37.0 Å². The molecule has 0 saturated carbocycles. The van der Waals surface area contributed by atoms with Gasteiger partial charge in [-0.05, 0) is 68.1 Å². The zero-order valence-corrected chi connectivity index (χ0v) is 31.0. The summed E-state index contributed by atoms with van der Waals surface area (Å²) in [6.07, 6.45) is 6.46. The smallest absolute Gasteiger partial charge is 0.410 e. The maximum atomic E-state index is 15.0. The van der Waals surface area contributed by atoms with Crippen LogP contribution in [0.3, 0.4) is 0 Å². The van der Waals surface area contributed by atoms with Crippen molar-refractivity contribution in [3.05, 3.63) is 59.7 Å². The average Bonchev–Trinajstić information content (AvgIpc) is 3.54. The van der Waals surface area contributed by atoms with E-state index in [1.165, 1.54) is 33.5 Å². The van der Waals surface area contributed by atoms with Crippen LogP contribution in [0.1, 0.15) is 53.0 Å². The fourth-order valence-electron chi connectivity index (χ4n) is 6.70. The minimum atomic E-state index is -3.69. The van der Waals surface area contributed by atoms with Crippen LogP contribution in [0.2, 0.25) is 0 Å². The van der Waals surface area contributed by atoms with E-state index in [4.69, 9.17) is 9.47 Å². The molecule has 0 spiro atoms. The largest absolute Gasteiger partial charge is 0.457 e. The number of amides is 1. The molecule has 2 saturated heterocycles. The number of aliphatic hydroxyl groups excluding tert-OH is 1. The quantitative estimate of drug-likeness (QED) is 0.339. The summed E-state index contributed by atoms with van der Waals surface area (Å²) in [7, 11) is -0.0123. The Morgan fingerprint density at radius 3 is 2.37 bits per heavy atom. The molecule has 288 valence electrons. The summed E-state index contributed by atoms with van der Waals surface area (Å²) < 4.78 is 56.0. The molecule has 2 aromatic rings. The standard InChI is InChI=1S/C36H51FN6O7S.CH4/c1-25-6-8-31(44)22-34(45)50-35(26(2)7-9-33(25)49-36(46)42-12-10-39(4)11-13-42)27(3)18-28-19-29(37)21-30(20-28)41-14-16-43(17-15-41)51(47,48)32-23-38-40(5)24-32;/h7,9,18-21,23-26,31,33,35,44H,6,8,10-17,22H2,1-5H3;1H4/b9-7+,27-18+;/t25-,26-,31+,33-,35-;/m0./s1. The Kier molecular flexibility index (Phi) is 14.0. The third kappa shape index (κ3) is 10.4. The second kappa shape index (κ2) is 17.8. The van der Waals surface area contributed by atoms with Crippen molar-refractivity contribution in [2.24, 2.45) is 18.9 Å². The number of nitrogens with zero attached hydrogens (tertiary/aromatic N) is 6. The SMILES string of the molecule is C.C/C(=C\c1cc(F)cc(N2CCN(S(=O)(=O)c3cnn(C)c3)CC2)c1)[C@H]1OC(=O)C[C@H](O)CC[C@H](C)[C@@H](OC(=O)N2CCN(C)CC2)/C=C/[C@@H]1C. The van der Waals surface area contributed by atoms with E-state index in [1.54, 1.807) is 18.0 Å². The number of rotatable bonds is 6. The fourth-order valence-corrected chi connectivity index (χ4v) is 8.11. The van der Waals surface area contributed by atoms with Gasteiger partial charge >= 0.3 is 12.1 Å². The molecule has 13 nitrogen and oxygen atoms in total. The van der Waals surface area contributed by atoms with Gasteiger partial charge in [-0.2, -0.15) is 9.40 Å². The number of aryl methyl sites for hydroxylation is 1. The summed E-state index contributed by atoms with van der Waals surface area (Å²) >= 11 is 0. The first-order chi connectivity index (χ1) is 24.2. The highest BCUT2D eigenvalue weighted by Gasteiger charge is 2.31. The van der Waals surface area contributed by atoms with E-state index in [-0.39, 0.29) is 49.8 Å². The van der Waals surface area contributed by atoms with Gasteiger partial charge in [-0.3, -0.25) is 9.48 Å². The molecule has 3 aliphatic heterocycles. The zero-order chi connectivity index (χ0) is 36.9. The number of esters is 1. The Hall–Kier alpha value is -3.79. The lowest BCUT2D eigenvalue weighted by molar-refractivity contribution is -0.151. The molecule has 4 heterocycles. The molecule has 5 rings (SSSR count). The number of carbonyl (C=O) groups excluding carboxylic acids is 2. The van der Waals surface area contributed by atoms with Gasteiger partial charge in [-0.1, -0.05) is 33.4 Å². The van der Waals surface area contributed by atoms with Crippen LogP contribution < -0.4 is 4.90 Å². The minimum Gasteiger partial charge on any atom is -0.457 e. The molecule has 1 amide bonds. The van der Waals surface area contributed by atoms with Crippen LogP contribution in [-0.4, -0.2) is 127 Å². The van der Waals surface area contributed by atoms with Gasteiger partial charge in [-0.15, -0.1) is 0 Å². The van der Waals surface area contributed by atoms with Crippen molar-refractivity contribution in [3.63, 3.8) is 0 Å². The average molecular weight is 747 g/mol. The van der Waals surface area contributed by atoms with Crippen LogP contribution in [-0.2, 0) is 31.3 Å². The number of halogens is 1. The number of hydrogen-bond donors (Lipinski definition) is 1. The molecular formula is C37H55FN6O7S. The summed E-state index contributed by atoms with van der Waals surface area (Å²) in [5.41, 5.74) is 1.83. The molecule has 0 radical (unpaired) electrons. The lowest BCUT2D eigenvalue weighted by Crippen LogP contribution is -2.48. The summed E-state index contributed by atoms with van der Waals surface area (Å²) in [5, 5.41) is 14.6. The van der Waals surface area contributed by atoms with Gasteiger partial charge in [0.05, 0.1) is 18.7 Å². The van der Waals surface area contributed by atoms with Crippen LogP contribution >= 0.6 is 0 Å². The van der Waals surface area contributed by atoms with Gasteiger partial charge < -0.3 is 29.3 Å². The van der Waals surface area contributed by atoms with E-state index in [9.17, 15) is 23.1 Å². The van der Waals surface area contributed by atoms with Gasteiger partial charge in [0.25, 0.3) is 0 Å². The maximum Gasteiger partial charge on any atom is 0.410 e. The van der Waals surface area contributed by atoms with Crippen LogP contribution in [0.5, 0.6) is 0 Å². The fraction of sp³-hybridized carbons (Fsp3) is 0.595. The normalized spacial score (nSPS) is 26.8. The Balaban J connectivity index is 0.00000605. The number of benzene rings is 1. The van der Waals surface area contributed by atoms with Gasteiger partial charge in [0.15, 0.2) is 0 Å². The summed E-state index contributed by atoms with van der Waals surface area (Å²) in [4.78, 5) is 32.0. The van der Waals surface area contributed by atoms with Crippen LogP contribution in [0.15, 0.2) is 53.2 Å². The number of cyclic esters (lactones) is 1. The second-order valence-electron chi connectivity index (χ2n) is 14.1. The van der Waals surface area contributed by atoms with Crippen molar-refractivity contribution in [1.29, 1.82) is 0 Å². The number of sulfonamides is 1. The molecule has 1 aromatic carbocycles. The molecule has 5 atom stereocenters. The van der Waals surface area contributed by atoms with Gasteiger partial charge in [0, 0.05) is 77.2 Å².